The molecule has 0 fully saturated rings. The van der Waals surface area contributed by atoms with Crippen LogP contribution in [0.5, 0.6) is 0 Å². The second-order valence-corrected chi connectivity index (χ2v) is 3.61. The van der Waals surface area contributed by atoms with Gasteiger partial charge in [-0.25, -0.2) is 13.6 Å². The van der Waals surface area contributed by atoms with Crippen LogP contribution >= 0.6 is 0 Å². The van der Waals surface area contributed by atoms with Crippen LogP contribution in [0.4, 0.5) is 8.78 Å². The van der Waals surface area contributed by atoms with E-state index in [-0.39, 0.29) is 17.9 Å². The Morgan fingerprint density at radius 3 is 2.78 bits per heavy atom. The van der Waals surface area contributed by atoms with Crippen LogP contribution in [0.3, 0.4) is 0 Å². The van der Waals surface area contributed by atoms with Gasteiger partial charge in [-0.15, -0.1) is 0 Å². The van der Waals surface area contributed by atoms with Crippen molar-refractivity contribution in [2.75, 3.05) is 6.61 Å². The van der Waals surface area contributed by atoms with E-state index in [1.54, 1.807) is 24.3 Å². The Balaban J connectivity index is 2.31. The van der Waals surface area contributed by atoms with Crippen molar-refractivity contribution in [2.45, 2.75) is 13.0 Å². The third-order valence-electron chi connectivity index (χ3n) is 2.36. The van der Waals surface area contributed by atoms with E-state index >= 15 is 0 Å². The Bertz CT molecular complexity index is 562. The summed E-state index contributed by atoms with van der Waals surface area (Å²) in [5, 5.41) is 9.53. The topological polar surface area (TPSA) is 59.7 Å². The van der Waals surface area contributed by atoms with Gasteiger partial charge in [-0.1, -0.05) is 18.2 Å². The SMILES string of the molecule is O=C(O)c1c(COCC(F)F)oc2ccccc12. The minimum Gasteiger partial charge on any atom is -0.478 e. The summed E-state index contributed by atoms with van der Waals surface area (Å²) in [7, 11) is 0. The van der Waals surface area contributed by atoms with Crippen LogP contribution in [0.1, 0.15) is 16.1 Å². The molecule has 1 N–H and O–H groups in total. The molecule has 18 heavy (non-hydrogen) atoms. The zero-order chi connectivity index (χ0) is 13.1. The van der Waals surface area contributed by atoms with Crippen LogP contribution < -0.4 is 0 Å². The number of hydrogen-bond acceptors (Lipinski definition) is 3. The van der Waals surface area contributed by atoms with E-state index in [0.29, 0.717) is 11.0 Å². The zero-order valence-corrected chi connectivity index (χ0v) is 9.23. The van der Waals surface area contributed by atoms with Gasteiger partial charge in [0.1, 0.15) is 30.1 Å². The number of carboxylic acid groups (broad SMARTS) is 1. The van der Waals surface area contributed by atoms with Gasteiger partial charge in [0.15, 0.2) is 0 Å². The van der Waals surface area contributed by atoms with E-state index in [0.717, 1.165) is 0 Å². The van der Waals surface area contributed by atoms with Crippen molar-refractivity contribution in [2.24, 2.45) is 0 Å². The molecule has 0 bridgehead atoms. The maximum Gasteiger partial charge on any atom is 0.340 e. The number of aromatic carboxylic acids is 1. The lowest BCUT2D eigenvalue weighted by Crippen LogP contribution is -2.06. The molecule has 0 aliphatic carbocycles. The fraction of sp³-hybridized carbons (Fsp3) is 0.250. The van der Waals surface area contributed by atoms with Crippen LogP contribution in [0.25, 0.3) is 11.0 Å². The molecule has 2 aromatic rings. The van der Waals surface area contributed by atoms with Gasteiger partial charge in [0, 0.05) is 5.39 Å². The molecule has 0 aliphatic rings. The summed E-state index contributed by atoms with van der Waals surface area (Å²) in [4.78, 5) is 11.1. The van der Waals surface area contributed by atoms with Crippen molar-refractivity contribution >= 4 is 16.9 Å². The lowest BCUT2D eigenvalue weighted by atomic mass is 10.1. The molecule has 96 valence electrons. The van der Waals surface area contributed by atoms with Gasteiger partial charge in [0.05, 0.1) is 0 Å². The van der Waals surface area contributed by atoms with Gasteiger partial charge in [0.2, 0.25) is 0 Å². The number of benzene rings is 1. The summed E-state index contributed by atoms with van der Waals surface area (Å²) in [6, 6.07) is 6.58. The average molecular weight is 256 g/mol. The van der Waals surface area contributed by atoms with Gasteiger partial charge in [-0.05, 0) is 6.07 Å². The highest BCUT2D eigenvalue weighted by molar-refractivity contribution is 6.03. The number of hydrogen-bond donors (Lipinski definition) is 1. The van der Waals surface area contributed by atoms with Crippen molar-refractivity contribution in [3.05, 3.63) is 35.6 Å². The van der Waals surface area contributed by atoms with Crippen molar-refractivity contribution in [1.82, 2.24) is 0 Å². The summed E-state index contributed by atoms with van der Waals surface area (Å²) >= 11 is 0. The Hall–Kier alpha value is -1.95. The normalized spacial score (nSPS) is 11.3. The second-order valence-electron chi connectivity index (χ2n) is 3.61. The first-order chi connectivity index (χ1) is 8.59. The fourth-order valence-electron chi connectivity index (χ4n) is 1.67. The molecule has 1 aromatic carbocycles. The number of alkyl halides is 2. The van der Waals surface area contributed by atoms with Gasteiger partial charge in [-0.3, -0.25) is 0 Å². The molecule has 0 unspecified atom stereocenters. The number of para-hydroxylation sites is 1. The third kappa shape index (κ3) is 2.48. The number of ether oxygens (including phenoxy) is 1. The number of fused-ring (bicyclic) bond motifs is 1. The smallest absolute Gasteiger partial charge is 0.340 e. The fourth-order valence-corrected chi connectivity index (χ4v) is 1.67. The standard InChI is InChI=1S/C12H10F2O4/c13-10(14)6-17-5-9-11(12(15)16)7-3-1-2-4-8(7)18-9/h1-4,10H,5-6H2,(H,15,16). The number of rotatable bonds is 5. The van der Waals surface area contributed by atoms with Crippen molar-refractivity contribution < 1.29 is 27.8 Å². The Morgan fingerprint density at radius 1 is 1.39 bits per heavy atom. The number of halogens is 2. The first kappa shape index (κ1) is 12.5. The largest absolute Gasteiger partial charge is 0.478 e. The van der Waals surface area contributed by atoms with Crippen LogP contribution in [-0.4, -0.2) is 24.1 Å². The highest BCUT2D eigenvalue weighted by Gasteiger charge is 2.20. The Kier molecular flexibility index (Phi) is 3.57. The third-order valence-corrected chi connectivity index (χ3v) is 2.36. The van der Waals surface area contributed by atoms with Crippen LogP contribution in [0, 0.1) is 0 Å². The molecule has 0 saturated carbocycles. The van der Waals surface area contributed by atoms with Crippen molar-refractivity contribution in [3.63, 3.8) is 0 Å². The van der Waals surface area contributed by atoms with Gasteiger partial charge < -0.3 is 14.3 Å². The van der Waals surface area contributed by atoms with E-state index in [1.807, 2.05) is 0 Å². The molecule has 0 radical (unpaired) electrons. The van der Waals surface area contributed by atoms with E-state index in [4.69, 9.17) is 14.3 Å². The lowest BCUT2D eigenvalue weighted by molar-refractivity contribution is 0.00451. The lowest BCUT2D eigenvalue weighted by Gasteiger charge is -2.01. The average Bonchev–Trinajstić information content (AvgIpc) is 2.66. The number of carboxylic acids is 1. The molecule has 0 amide bonds. The minimum atomic E-state index is -2.59. The monoisotopic (exact) mass is 256 g/mol. The summed E-state index contributed by atoms with van der Waals surface area (Å²) in [5.74, 6) is -1.13. The molecule has 4 nitrogen and oxygen atoms in total. The Morgan fingerprint density at radius 2 is 2.11 bits per heavy atom. The van der Waals surface area contributed by atoms with E-state index < -0.39 is 19.0 Å². The summed E-state index contributed by atoms with van der Waals surface area (Å²) in [6.07, 6.45) is -2.59. The molecule has 0 atom stereocenters. The van der Waals surface area contributed by atoms with Gasteiger partial charge >= 0.3 is 5.97 Å². The molecule has 1 heterocycles. The first-order valence-corrected chi connectivity index (χ1v) is 5.19. The predicted octanol–water partition coefficient (Wildman–Crippen LogP) is 2.91. The van der Waals surface area contributed by atoms with Gasteiger partial charge in [-0.2, -0.15) is 0 Å². The van der Waals surface area contributed by atoms with E-state index in [2.05, 4.69) is 0 Å². The number of furan rings is 1. The first-order valence-electron chi connectivity index (χ1n) is 5.19. The van der Waals surface area contributed by atoms with Gasteiger partial charge in [0.25, 0.3) is 6.43 Å². The second kappa shape index (κ2) is 5.14. The summed E-state index contributed by atoms with van der Waals surface area (Å²) < 4.78 is 33.8. The molecular weight excluding hydrogens is 246 g/mol. The molecule has 0 spiro atoms. The summed E-state index contributed by atoms with van der Waals surface area (Å²) in [6.45, 7) is -1.04. The highest BCUT2D eigenvalue weighted by atomic mass is 19.3. The number of carbonyl (C=O) groups is 1. The quantitative estimate of drug-likeness (QED) is 0.893. The van der Waals surface area contributed by atoms with Crippen molar-refractivity contribution in [3.8, 4) is 0 Å². The predicted molar refractivity (Wildman–Crippen MR) is 58.8 cm³/mol. The molecule has 6 heteroatoms. The maximum atomic E-state index is 11.9. The van der Waals surface area contributed by atoms with Crippen LogP contribution in [0.15, 0.2) is 28.7 Å². The molecule has 0 saturated heterocycles. The highest BCUT2D eigenvalue weighted by Crippen LogP contribution is 2.26. The van der Waals surface area contributed by atoms with E-state index in [9.17, 15) is 13.6 Å². The maximum absolute atomic E-state index is 11.9. The molecule has 2 rings (SSSR count). The molecule has 0 aliphatic heterocycles. The van der Waals surface area contributed by atoms with Crippen LogP contribution in [-0.2, 0) is 11.3 Å². The van der Waals surface area contributed by atoms with E-state index in [1.165, 1.54) is 0 Å². The molecular formula is C12H10F2O4. The van der Waals surface area contributed by atoms with Crippen LogP contribution in [0.2, 0.25) is 0 Å². The van der Waals surface area contributed by atoms with Crippen molar-refractivity contribution in [1.29, 1.82) is 0 Å². The zero-order valence-electron chi connectivity index (χ0n) is 9.23. The summed E-state index contributed by atoms with van der Waals surface area (Å²) in [5.41, 5.74) is 0.352. The molecule has 1 aromatic heterocycles. The Labute approximate surface area is 101 Å². The minimum absolute atomic E-state index is 0.0418.